The molecule has 0 atom stereocenters. The summed E-state index contributed by atoms with van der Waals surface area (Å²) in [5.41, 5.74) is 1.56. The molecule has 0 aromatic heterocycles. The Balaban J connectivity index is 2.09. The minimum absolute atomic E-state index is 0.1000. The summed E-state index contributed by atoms with van der Waals surface area (Å²) >= 11 is 0. The number of anilines is 1. The first-order valence-corrected chi connectivity index (χ1v) is 10.2. The van der Waals surface area contributed by atoms with E-state index < -0.39 is 24.0 Å². The molecule has 1 heterocycles. The molecule has 1 aliphatic carbocycles. The Bertz CT molecular complexity index is 835. The van der Waals surface area contributed by atoms with Gasteiger partial charge >= 0.3 is 12.0 Å². The second-order valence-corrected chi connectivity index (χ2v) is 8.83. The van der Waals surface area contributed by atoms with Gasteiger partial charge in [0.05, 0.1) is 17.9 Å². The van der Waals surface area contributed by atoms with Gasteiger partial charge in [0.1, 0.15) is 6.54 Å². The number of benzene rings is 1. The minimum Gasteiger partial charge on any atom is -0.480 e. The van der Waals surface area contributed by atoms with Crippen molar-refractivity contribution < 1.29 is 19.5 Å². The Labute approximate surface area is 171 Å². The van der Waals surface area contributed by atoms with Crippen LogP contribution in [0.5, 0.6) is 0 Å². The van der Waals surface area contributed by atoms with Gasteiger partial charge in [-0.2, -0.15) is 5.10 Å². The van der Waals surface area contributed by atoms with Gasteiger partial charge in [-0.25, -0.2) is 9.80 Å². The molecule has 1 aliphatic heterocycles. The summed E-state index contributed by atoms with van der Waals surface area (Å²) < 4.78 is 0. The maximum absolute atomic E-state index is 13.3. The molecule has 3 rings (SSSR count). The van der Waals surface area contributed by atoms with Crippen LogP contribution in [0.15, 0.2) is 29.4 Å². The average molecular weight is 399 g/mol. The van der Waals surface area contributed by atoms with Gasteiger partial charge in [0.15, 0.2) is 5.78 Å². The highest BCUT2D eigenvalue weighted by Crippen LogP contribution is 2.34. The summed E-state index contributed by atoms with van der Waals surface area (Å²) in [5, 5.41) is 14.9. The van der Waals surface area contributed by atoms with Crippen LogP contribution in [0.2, 0.25) is 0 Å². The van der Waals surface area contributed by atoms with Crippen LogP contribution in [0.4, 0.5) is 10.5 Å². The molecule has 0 saturated heterocycles. The predicted molar refractivity (Wildman–Crippen MR) is 111 cm³/mol. The van der Waals surface area contributed by atoms with Crippen LogP contribution in [0.3, 0.4) is 0 Å². The fourth-order valence-electron chi connectivity index (χ4n) is 3.84. The number of urea groups is 1. The van der Waals surface area contributed by atoms with E-state index in [0.717, 1.165) is 42.0 Å². The molecule has 2 amide bonds. The van der Waals surface area contributed by atoms with Crippen LogP contribution in [0.25, 0.3) is 0 Å². The van der Waals surface area contributed by atoms with Crippen molar-refractivity contribution in [2.75, 3.05) is 18.0 Å². The van der Waals surface area contributed by atoms with E-state index in [1.807, 2.05) is 45.0 Å². The van der Waals surface area contributed by atoms with E-state index in [2.05, 4.69) is 5.10 Å². The van der Waals surface area contributed by atoms with Gasteiger partial charge in [-0.3, -0.25) is 14.5 Å². The maximum Gasteiger partial charge on any atom is 0.345 e. The van der Waals surface area contributed by atoms with E-state index >= 15 is 0 Å². The van der Waals surface area contributed by atoms with Crippen molar-refractivity contribution in [1.82, 2.24) is 5.01 Å². The van der Waals surface area contributed by atoms with Crippen molar-refractivity contribution in [3.8, 4) is 0 Å². The van der Waals surface area contributed by atoms with Gasteiger partial charge in [0.25, 0.3) is 0 Å². The van der Waals surface area contributed by atoms with Gasteiger partial charge in [-0.05, 0) is 18.9 Å². The van der Waals surface area contributed by atoms with Gasteiger partial charge < -0.3 is 5.11 Å². The fraction of sp³-hybridized carbons (Fsp3) is 0.545. The lowest BCUT2D eigenvalue weighted by Gasteiger charge is -2.28. The van der Waals surface area contributed by atoms with Crippen molar-refractivity contribution in [3.63, 3.8) is 0 Å². The largest absolute Gasteiger partial charge is 0.480 e. The molecule has 1 N–H and O–H groups in total. The lowest BCUT2D eigenvalue weighted by Crippen LogP contribution is -2.46. The van der Waals surface area contributed by atoms with Gasteiger partial charge in [0, 0.05) is 16.9 Å². The predicted octanol–water partition coefficient (Wildman–Crippen LogP) is 3.91. The number of fused-ring (bicyclic) bond motifs is 1. The molecule has 156 valence electrons. The van der Waals surface area contributed by atoms with Crippen molar-refractivity contribution >= 4 is 29.2 Å². The zero-order valence-electron chi connectivity index (χ0n) is 17.4. The number of amides is 2. The molecule has 1 aromatic rings. The molecular weight excluding hydrogens is 370 g/mol. The van der Waals surface area contributed by atoms with Crippen molar-refractivity contribution in [2.24, 2.45) is 16.4 Å². The third-order valence-electron chi connectivity index (χ3n) is 5.57. The number of carboxylic acids is 1. The van der Waals surface area contributed by atoms with E-state index in [0.29, 0.717) is 5.69 Å². The topological polar surface area (TPSA) is 90.3 Å². The van der Waals surface area contributed by atoms with E-state index in [9.17, 15) is 19.5 Å². The number of carbonyl (C=O) groups is 3. The number of ketones is 1. The van der Waals surface area contributed by atoms with Crippen LogP contribution in [-0.4, -0.2) is 46.7 Å². The first-order valence-electron chi connectivity index (χ1n) is 10.2. The molecule has 0 spiro atoms. The number of carboxylic acid groups (broad SMARTS) is 1. The quantitative estimate of drug-likeness (QED) is 0.813. The number of rotatable bonds is 5. The SMILES string of the molecule is CC(C)(C)C(=O)CN1C(=O)N(CC(=O)O)N=C(C2CCCCC2)c2ccccc21. The highest BCUT2D eigenvalue weighted by Gasteiger charge is 2.36. The number of hydrazone groups is 1. The molecule has 0 bridgehead atoms. The molecule has 1 aromatic carbocycles. The zero-order valence-corrected chi connectivity index (χ0v) is 17.4. The summed E-state index contributed by atoms with van der Waals surface area (Å²) in [5.74, 6) is -1.07. The van der Waals surface area contributed by atoms with Gasteiger partial charge in [-0.1, -0.05) is 58.2 Å². The summed E-state index contributed by atoms with van der Waals surface area (Å²) in [7, 11) is 0. The van der Waals surface area contributed by atoms with Crippen LogP contribution in [0.1, 0.15) is 58.4 Å². The second kappa shape index (κ2) is 8.35. The molecule has 7 heteroatoms. The van der Waals surface area contributed by atoms with Crippen LogP contribution in [0, 0.1) is 11.3 Å². The molecule has 0 radical (unpaired) electrons. The van der Waals surface area contributed by atoms with Crippen molar-refractivity contribution in [2.45, 2.75) is 52.9 Å². The van der Waals surface area contributed by atoms with E-state index in [1.54, 1.807) is 0 Å². The minimum atomic E-state index is -1.14. The van der Waals surface area contributed by atoms with Crippen LogP contribution < -0.4 is 4.90 Å². The van der Waals surface area contributed by atoms with Crippen LogP contribution >= 0.6 is 0 Å². The maximum atomic E-state index is 13.3. The Hall–Kier alpha value is -2.70. The molecule has 2 aliphatic rings. The molecule has 1 fully saturated rings. The van der Waals surface area contributed by atoms with Crippen LogP contribution in [-0.2, 0) is 9.59 Å². The van der Waals surface area contributed by atoms with Gasteiger partial charge in [-0.15, -0.1) is 0 Å². The monoisotopic (exact) mass is 399 g/mol. The number of carbonyl (C=O) groups excluding carboxylic acids is 2. The molecule has 1 saturated carbocycles. The summed E-state index contributed by atoms with van der Waals surface area (Å²) in [6, 6.07) is 6.86. The number of nitrogens with zero attached hydrogens (tertiary/aromatic N) is 3. The zero-order chi connectivity index (χ0) is 21.2. The Morgan fingerprint density at radius 1 is 1.10 bits per heavy atom. The van der Waals surface area contributed by atoms with Gasteiger partial charge in [0.2, 0.25) is 0 Å². The number of aliphatic carboxylic acids is 1. The fourth-order valence-corrected chi connectivity index (χ4v) is 3.84. The highest BCUT2D eigenvalue weighted by molar-refractivity contribution is 6.13. The molecule has 0 unspecified atom stereocenters. The van der Waals surface area contributed by atoms with E-state index in [4.69, 9.17) is 0 Å². The number of Topliss-reactive ketones (excluding diaryl/α,β-unsaturated/α-hetero) is 1. The first-order chi connectivity index (χ1) is 13.7. The lowest BCUT2D eigenvalue weighted by atomic mass is 9.83. The summed E-state index contributed by atoms with van der Waals surface area (Å²) in [4.78, 5) is 38.8. The Kier molecular flexibility index (Phi) is 6.05. The summed E-state index contributed by atoms with van der Waals surface area (Å²) in [6.45, 7) is 4.76. The molecule has 7 nitrogen and oxygen atoms in total. The normalized spacial score (nSPS) is 18.2. The molecule has 29 heavy (non-hydrogen) atoms. The highest BCUT2D eigenvalue weighted by atomic mass is 16.4. The number of hydrogen-bond acceptors (Lipinski definition) is 4. The standard InChI is InChI=1S/C22H29N3O4/c1-22(2,3)18(26)13-24-17-12-8-7-11-16(17)20(15-9-5-4-6-10-15)23-25(21(24)29)14-19(27)28/h7-8,11-12,15H,4-6,9-10,13-14H2,1-3H3,(H,27,28). The number of hydrogen-bond donors (Lipinski definition) is 1. The third-order valence-corrected chi connectivity index (χ3v) is 5.57. The lowest BCUT2D eigenvalue weighted by molar-refractivity contribution is -0.137. The van der Waals surface area contributed by atoms with Crippen molar-refractivity contribution in [3.05, 3.63) is 29.8 Å². The van der Waals surface area contributed by atoms with Crippen molar-refractivity contribution in [1.29, 1.82) is 0 Å². The smallest absolute Gasteiger partial charge is 0.345 e. The first kappa shape index (κ1) is 21.0. The number of para-hydroxylation sites is 1. The van der Waals surface area contributed by atoms with E-state index in [-0.39, 0.29) is 18.2 Å². The summed E-state index contributed by atoms with van der Waals surface area (Å²) in [6.07, 6.45) is 5.28. The average Bonchev–Trinajstić information content (AvgIpc) is 2.78. The van der Waals surface area contributed by atoms with E-state index in [1.165, 1.54) is 11.3 Å². The third kappa shape index (κ3) is 4.66. The Morgan fingerprint density at radius 2 is 1.76 bits per heavy atom. The Morgan fingerprint density at radius 3 is 2.38 bits per heavy atom. The molecular formula is C22H29N3O4. The second-order valence-electron chi connectivity index (χ2n) is 8.83.